The summed E-state index contributed by atoms with van der Waals surface area (Å²) in [7, 11) is 1.56. The summed E-state index contributed by atoms with van der Waals surface area (Å²) in [5.41, 5.74) is 1.43. The van der Waals surface area contributed by atoms with Crippen LogP contribution in [0.15, 0.2) is 66.7 Å². The zero-order valence-electron chi connectivity index (χ0n) is 21.5. The van der Waals surface area contributed by atoms with Crippen LogP contribution in [0.1, 0.15) is 40.9 Å². The monoisotopic (exact) mass is 520 g/mol. The predicted molar refractivity (Wildman–Crippen MR) is 140 cm³/mol. The average molecular weight is 521 g/mol. The third-order valence-electron chi connectivity index (χ3n) is 6.15. The number of aromatic hydroxyl groups is 1. The molecule has 38 heavy (non-hydrogen) atoms. The second-order valence-corrected chi connectivity index (χ2v) is 8.66. The number of phenols is 1. The molecule has 1 atom stereocenters. The second-order valence-electron chi connectivity index (χ2n) is 8.66. The first-order chi connectivity index (χ1) is 18.5. The number of carbonyl (C=O) groups excluding carboxylic acids is 2. The Balaban J connectivity index is 1.72. The summed E-state index contributed by atoms with van der Waals surface area (Å²) < 4.78 is 21.6. The van der Waals surface area contributed by atoms with Crippen LogP contribution in [0, 0.1) is 0 Å². The lowest BCUT2D eigenvalue weighted by molar-refractivity contribution is -0.126. The van der Waals surface area contributed by atoms with Crippen molar-refractivity contribution in [2.45, 2.75) is 25.9 Å². The van der Waals surface area contributed by atoms with Crippen LogP contribution in [0.2, 0.25) is 0 Å². The molecule has 0 aromatic heterocycles. The van der Waals surface area contributed by atoms with Gasteiger partial charge in [0.2, 0.25) is 12.7 Å². The first kappa shape index (κ1) is 26.8. The minimum Gasteiger partial charge on any atom is -0.507 e. The Morgan fingerprint density at radius 1 is 1.05 bits per heavy atom. The third-order valence-corrected chi connectivity index (χ3v) is 6.15. The van der Waals surface area contributed by atoms with Gasteiger partial charge in [0, 0.05) is 26.3 Å². The van der Waals surface area contributed by atoms with E-state index in [9.17, 15) is 14.7 Å². The molecule has 1 heterocycles. The number of nitrogens with zero attached hydrogens (tertiary/aromatic N) is 1. The van der Waals surface area contributed by atoms with E-state index in [1.807, 2.05) is 13.0 Å². The first-order valence-corrected chi connectivity index (χ1v) is 12.5. The van der Waals surface area contributed by atoms with Gasteiger partial charge in [0.1, 0.15) is 17.5 Å². The molecule has 1 aliphatic heterocycles. The maximum absolute atomic E-state index is 13.9. The van der Waals surface area contributed by atoms with Crippen molar-refractivity contribution in [3.05, 3.63) is 83.4 Å². The predicted octanol–water partition coefficient (Wildman–Crippen LogP) is 4.06. The highest BCUT2D eigenvalue weighted by Gasteiger charge is 2.33. The highest BCUT2D eigenvalue weighted by Crippen LogP contribution is 2.35. The SMILES string of the molecule is CCOCCCNC(=O)[C@H](c1ccc(OC)cc1)N(Cc1ccc2c(c1)OCO2)C(=O)c1ccccc1O. The van der Waals surface area contributed by atoms with E-state index in [2.05, 4.69) is 5.32 Å². The molecule has 3 aromatic rings. The van der Waals surface area contributed by atoms with Crippen molar-refractivity contribution in [3.8, 4) is 23.0 Å². The number of fused-ring (bicyclic) bond motifs is 1. The molecule has 0 saturated heterocycles. The number of phenolic OH excluding ortho intramolecular Hbond substituents is 1. The molecule has 3 aromatic carbocycles. The summed E-state index contributed by atoms with van der Waals surface area (Å²) in [5, 5.41) is 13.4. The van der Waals surface area contributed by atoms with Crippen LogP contribution < -0.4 is 19.5 Å². The smallest absolute Gasteiger partial charge is 0.258 e. The summed E-state index contributed by atoms with van der Waals surface area (Å²) >= 11 is 0. The average Bonchev–Trinajstić information content (AvgIpc) is 3.41. The maximum Gasteiger partial charge on any atom is 0.258 e. The van der Waals surface area contributed by atoms with E-state index < -0.39 is 11.9 Å². The summed E-state index contributed by atoms with van der Waals surface area (Å²) in [6.45, 7) is 3.61. The Morgan fingerprint density at radius 3 is 2.55 bits per heavy atom. The summed E-state index contributed by atoms with van der Waals surface area (Å²) in [6.07, 6.45) is 0.629. The molecule has 4 rings (SSSR count). The van der Waals surface area contributed by atoms with Gasteiger partial charge >= 0.3 is 0 Å². The van der Waals surface area contributed by atoms with Crippen molar-refractivity contribution in [1.29, 1.82) is 0 Å². The molecule has 1 aliphatic rings. The van der Waals surface area contributed by atoms with Crippen LogP contribution in [-0.4, -0.2) is 55.5 Å². The normalized spacial score (nSPS) is 12.6. The minimum atomic E-state index is -0.995. The van der Waals surface area contributed by atoms with Crippen LogP contribution in [0.4, 0.5) is 0 Å². The van der Waals surface area contributed by atoms with Gasteiger partial charge in [0.15, 0.2) is 11.5 Å². The number of ether oxygens (including phenoxy) is 4. The fraction of sp³-hybridized carbons (Fsp3) is 0.310. The van der Waals surface area contributed by atoms with Gasteiger partial charge in [-0.25, -0.2) is 0 Å². The molecule has 200 valence electrons. The van der Waals surface area contributed by atoms with Crippen molar-refractivity contribution in [2.75, 3.05) is 33.7 Å². The summed E-state index contributed by atoms with van der Waals surface area (Å²) in [4.78, 5) is 29.1. The number of hydrogen-bond acceptors (Lipinski definition) is 7. The van der Waals surface area contributed by atoms with E-state index in [1.165, 1.54) is 17.0 Å². The molecule has 0 fully saturated rings. The quantitative estimate of drug-likeness (QED) is 0.347. The van der Waals surface area contributed by atoms with Gasteiger partial charge in [-0.3, -0.25) is 9.59 Å². The minimum absolute atomic E-state index is 0.0763. The van der Waals surface area contributed by atoms with E-state index in [1.54, 1.807) is 55.6 Å². The van der Waals surface area contributed by atoms with Crippen molar-refractivity contribution in [2.24, 2.45) is 0 Å². The van der Waals surface area contributed by atoms with Crippen molar-refractivity contribution in [1.82, 2.24) is 10.2 Å². The van der Waals surface area contributed by atoms with Gasteiger partial charge in [-0.1, -0.05) is 30.3 Å². The van der Waals surface area contributed by atoms with Crippen molar-refractivity contribution >= 4 is 11.8 Å². The standard InChI is InChI=1S/C29H32N2O7/c1-3-36-16-6-15-30-28(33)27(21-10-12-22(35-2)13-11-21)31(29(34)23-7-4-5-8-24(23)32)18-20-9-14-25-26(17-20)38-19-37-25/h4-5,7-14,17,27,32H,3,6,15-16,18-19H2,1-2H3,(H,30,33)/t27-/m0/s1. The number of rotatable bonds is 12. The van der Waals surface area contributed by atoms with Crippen LogP contribution in [0.25, 0.3) is 0 Å². The molecule has 2 N–H and O–H groups in total. The number of nitrogens with one attached hydrogen (secondary N) is 1. The van der Waals surface area contributed by atoms with Gasteiger partial charge in [0.05, 0.1) is 12.7 Å². The fourth-order valence-electron chi connectivity index (χ4n) is 4.21. The molecule has 2 amide bonds. The van der Waals surface area contributed by atoms with E-state index in [-0.39, 0.29) is 30.6 Å². The third kappa shape index (κ3) is 6.36. The Bertz CT molecular complexity index is 1250. The Kier molecular flexibility index (Phi) is 9.05. The fourth-order valence-corrected chi connectivity index (χ4v) is 4.21. The lowest BCUT2D eigenvalue weighted by atomic mass is 10.0. The largest absolute Gasteiger partial charge is 0.507 e. The van der Waals surface area contributed by atoms with Gasteiger partial charge < -0.3 is 34.3 Å². The summed E-state index contributed by atoms with van der Waals surface area (Å²) in [5.74, 6) is 0.796. The van der Waals surface area contributed by atoms with Gasteiger partial charge in [-0.2, -0.15) is 0 Å². The molecule has 0 radical (unpaired) electrons. The Labute approximate surface area is 221 Å². The number of hydrogen-bond donors (Lipinski definition) is 2. The molecule has 9 nitrogen and oxygen atoms in total. The molecule has 9 heteroatoms. The molecule has 0 saturated carbocycles. The number of methoxy groups -OCH3 is 1. The molecule has 0 spiro atoms. The topological polar surface area (TPSA) is 107 Å². The van der Waals surface area contributed by atoms with Gasteiger partial charge in [0.25, 0.3) is 5.91 Å². The maximum atomic E-state index is 13.9. The van der Waals surface area contributed by atoms with Crippen LogP contribution in [-0.2, 0) is 16.1 Å². The Hall–Kier alpha value is -4.24. The lowest BCUT2D eigenvalue weighted by Gasteiger charge is -2.32. The lowest BCUT2D eigenvalue weighted by Crippen LogP contribution is -2.43. The zero-order chi connectivity index (χ0) is 26.9. The molecule has 0 bridgehead atoms. The Morgan fingerprint density at radius 2 is 1.82 bits per heavy atom. The second kappa shape index (κ2) is 12.8. The number of amides is 2. The molecule has 0 unspecified atom stereocenters. The van der Waals surface area contributed by atoms with Crippen molar-refractivity contribution < 1.29 is 33.6 Å². The van der Waals surface area contributed by atoms with E-state index >= 15 is 0 Å². The highest BCUT2D eigenvalue weighted by atomic mass is 16.7. The highest BCUT2D eigenvalue weighted by molar-refractivity contribution is 5.99. The van der Waals surface area contributed by atoms with Crippen molar-refractivity contribution in [3.63, 3.8) is 0 Å². The zero-order valence-corrected chi connectivity index (χ0v) is 21.5. The van der Waals surface area contributed by atoms with E-state index in [0.717, 1.165) is 5.56 Å². The number of benzene rings is 3. The number of carbonyl (C=O) groups is 2. The van der Waals surface area contributed by atoms with E-state index in [4.69, 9.17) is 18.9 Å². The van der Waals surface area contributed by atoms with Gasteiger partial charge in [-0.15, -0.1) is 0 Å². The summed E-state index contributed by atoms with van der Waals surface area (Å²) in [6, 6.07) is 17.7. The van der Waals surface area contributed by atoms with Crippen LogP contribution in [0.5, 0.6) is 23.0 Å². The molecular formula is C29H32N2O7. The van der Waals surface area contributed by atoms with Gasteiger partial charge in [-0.05, 0) is 60.9 Å². The number of para-hydroxylation sites is 1. The van der Waals surface area contributed by atoms with E-state index in [0.29, 0.717) is 49.0 Å². The van der Waals surface area contributed by atoms with Crippen LogP contribution in [0.3, 0.4) is 0 Å². The molecular weight excluding hydrogens is 488 g/mol. The first-order valence-electron chi connectivity index (χ1n) is 12.5. The molecule has 0 aliphatic carbocycles. The van der Waals surface area contributed by atoms with Crippen LogP contribution >= 0.6 is 0 Å².